The van der Waals surface area contributed by atoms with Gasteiger partial charge in [-0.1, -0.05) is 36.4 Å². The molecule has 3 aromatic carbocycles. The fraction of sp³-hybridized carbons (Fsp3) is 0.222. The molecule has 7 nitrogen and oxygen atoms in total. The Morgan fingerprint density at radius 1 is 1.00 bits per heavy atom. The quantitative estimate of drug-likeness (QED) is 0.563. The first-order valence-corrected chi connectivity index (χ1v) is 11.1. The van der Waals surface area contributed by atoms with Crippen molar-refractivity contribution in [3.63, 3.8) is 0 Å². The van der Waals surface area contributed by atoms with Crippen molar-refractivity contribution >= 4 is 29.1 Å². The second kappa shape index (κ2) is 10.2. The van der Waals surface area contributed by atoms with E-state index in [2.05, 4.69) is 10.6 Å². The molecule has 0 aromatic heterocycles. The van der Waals surface area contributed by atoms with Gasteiger partial charge in [0.2, 0.25) is 11.8 Å². The molecule has 4 rings (SSSR count). The summed E-state index contributed by atoms with van der Waals surface area (Å²) in [5.41, 5.74) is 3.64. The molecule has 34 heavy (non-hydrogen) atoms. The van der Waals surface area contributed by atoms with Gasteiger partial charge in [-0.05, 0) is 54.4 Å². The van der Waals surface area contributed by atoms with Gasteiger partial charge in [-0.15, -0.1) is 0 Å². The Kier molecular flexibility index (Phi) is 6.92. The van der Waals surface area contributed by atoms with E-state index in [0.717, 1.165) is 16.8 Å². The normalized spacial score (nSPS) is 15.2. The van der Waals surface area contributed by atoms with Crippen LogP contribution in [0.25, 0.3) is 0 Å². The molecule has 0 spiro atoms. The summed E-state index contributed by atoms with van der Waals surface area (Å²) in [4.78, 5) is 40.0. The molecule has 1 fully saturated rings. The van der Waals surface area contributed by atoms with E-state index < -0.39 is 5.92 Å². The lowest BCUT2D eigenvalue weighted by Gasteiger charge is -2.17. The average Bonchev–Trinajstić information content (AvgIpc) is 3.25. The van der Waals surface area contributed by atoms with Gasteiger partial charge in [0.15, 0.2) is 0 Å². The summed E-state index contributed by atoms with van der Waals surface area (Å²) in [5.74, 6) is -0.501. The highest BCUT2D eigenvalue weighted by Gasteiger charge is 2.35. The van der Waals surface area contributed by atoms with Gasteiger partial charge in [0.1, 0.15) is 5.75 Å². The number of amides is 3. The minimum absolute atomic E-state index is 0.111. The van der Waals surface area contributed by atoms with Crippen LogP contribution in [0.1, 0.15) is 27.9 Å². The maximum atomic E-state index is 13.0. The molecular weight excluding hydrogens is 430 g/mol. The Morgan fingerprint density at radius 3 is 2.44 bits per heavy atom. The van der Waals surface area contributed by atoms with Crippen LogP contribution in [0.5, 0.6) is 5.75 Å². The molecule has 3 amide bonds. The van der Waals surface area contributed by atoms with Crippen LogP contribution in [0.3, 0.4) is 0 Å². The summed E-state index contributed by atoms with van der Waals surface area (Å²) in [6.45, 7) is 2.66. The molecule has 1 heterocycles. The summed E-state index contributed by atoms with van der Waals surface area (Å²) >= 11 is 0. The maximum Gasteiger partial charge on any atom is 0.253 e. The second-order valence-corrected chi connectivity index (χ2v) is 8.25. The van der Waals surface area contributed by atoms with Gasteiger partial charge < -0.3 is 20.3 Å². The second-order valence-electron chi connectivity index (χ2n) is 8.25. The lowest BCUT2D eigenvalue weighted by molar-refractivity contribution is -0.122. The predicted octanol–water partition coefficient (Wildman–Crippen LogP) is 3.93. The van der Waals surface area contributed by atoms with E-state index in [4.69, 9.17) is 4.74 Å². The Labute approximate surface area is 198 Å². The van der Waals surface area contributed by atoms with Crippen LogP contribution in [-0.4, -0.2) is 31.4 Å². The number of rotatable bonds is 7. The smallest absolute Gasteiger partial charge is 0.253 e. The zero-order valence-corrected chi connectivity index (χ0v) is 19.2. The molecule has 1 aliphatic heterocycles. The molecule has 0 aliphatic carbocycles. The van der Waals surface area contributed by atoms with Crippen molar-refractivity contribution in [3.8, 4) is 5.75 Å². The number of benzene rings is 3. The largest absolute Gasteiger partial charge is 0.497 e. The van der Waals surface area contributed by atoms with Crippen molar-refractivity contribution < 1.29 is 19.1 Å². The number of aryl methyl sites for hydroxylation is 1. The van der Waals surface area contributed by atoms with Crippen molar-refractivity contribution in [2.24, 2.45) is 5.92 Å². The summed E-state index contributed by atoms with van der Waals surface area (Å²) in [5, 5.41) is 5.78. The Morgan fingerprint density at radius 2 is 1.71 bits per heavy atom. The number of nitrogens with one attached hydrogen (secondary N) is 2. The Balaban J connectivity index is 1.42. The van der Waals surface area contributed by atoms with Crippen molar-refractivity contribution in [2.75, 3.05) is 23.9 Å². The molecular formula is C27H27N3O4. The highest BCUT2D eigenvalue weighted by Crippen LogP contribution is 2.28. The third-order valence-corrected chi connectivity index (χ3v) is 6.01. The fourth-order valence-electron chi connectivity index (χ4n) is 4.00. The number of hydrogen-bond acceptors (Lipinski definition) is 4. The van der Waals surface area contributed by atoms with E-state index in [1.54, 1.807) is 60.5 Å². The number of hydrogen-bond donors (Lipinski definition) is 2. The zero-order chi connectivity index (χ0) is 24.1. The minimum atomic E-state index is -0.516. The van der Waals surface area contributed by atoms with Crippen molar-refractivity contribution in [3.05, 3.63) is 89.5 Å². The standard InChI is InChI=1S/C27H27N3O4/c1-18-7-3-4-8-19(18)16-28-27(33)23-9-5-6-10-24(23)29-26(32)20-15-25(31)30(17-20)21-11-13-22(34-2)14-12-21/h3-14,20H,15-17H2,1-2H3,(H,28,33)(H,29,32). The molecule has 2 N–H and O–H groups in total. The average molecular weight is 458 g/mol. The summed E-state index contributed by atoms with van der Waals surface area (Å²) < 4.78 is 5.16. The van der Waals surface area contributed by atoms with E-state index in [9.17, 15) is 14.4 Å². The topological polar surface area (TPSA) is 87.7 Å². The van der Waals surface area contributed by atoms with E-state index in [1.165, 1.54) is 0 Å². The third-order valence-electron chi connectivity index (χ3n) is 6.01. The molecule has 7 heteroatoms. The van der Waals surface area contributed by atoms with Gasteiger partial charge >= 0.3 is 0 Å². The predicted molar refractivity (Wildman–Crippen MR) is 131 cm³/mol. The third kappa shape index (κ3) is 5.09. The molecule has 1 unspecified atom stereocenters. The number of anilines is 2. The molecule has 0 bridgehead atoms. The highest BCUT2D eigenvalue weighted by molar-refractivity contribution is 6.07. The van der Waals surface area contributed by atoms with Crippen molar-refractivity contribution in [1.29, 1.82) is 0 Å². The number of carbonyl (C=O) groups is 3. The zero-order valence-electron chi connectivity index (χ0n) is 19.2. The van der Waals surface area contributed by atoms with Crippen LogP contribution < -0.4 is 20.3 Å². The van der Waals surface area contributed by atoms with Gasteiger partial charge in [-0.3, -0.25) is 14.4 Å². The molecule has 1 atom stereocenters. The number of carbonyl (C=O) groups excluding carboxylic acids is 3. The highest BCUT2D eigenvalue weighted by atomic mass is 16.5. The minimum Gasteiger partial charge on any atom is -0.497 e. The number of nitrogens with zero attached hydrogens (tertiary/aromatic N) is 1. The lowest BCUT2D eigenvalue weighted by atomic mass is 10.1. The lowest BCUT2D eigenvalue weighted by Crippen LogP contribution is -2.29. The molecule has 174 valence electrons. The molecule has 0 radical (unpaired) electrons. The number of ether oxygens (including phenoxy) is 1. The van der Waals surface area contributed by atoms with E-state index in [-0.39, 0.29) is 30.7 Å². The van der Waals surface area contributed by atoms with Crippen LogP contribution in [-0.2, 0) is 16.1 Å². The van der Waals surface area contributed by atoms with Crippen LogP contribution in [0.15, 0.2) is 72.8 Å². The van der Waals surface area contributed by atoms with E-state index >= 15 is 0 Å². The first-order valence-electron chi connectivity index (χ1n) is 11.1. The van der Waals surface area contributed by atoms with Crippen LogP contribution >= 0.6 is 0 Å². The molecule has 1 saturated heterocycles. The van der Waals surface area contributed by atoms with Gasteiger partial charge in [-0.2, -0.15) is 0 Å². The van der Waals surface area contributed by atoms with Gasteiger partial charge in [0, 0.05) is 25.2 Å². The molecule has 1 aliphatic rings. The Hall–Kier alpha value is -4.13. The number of methoxy groups -OCH3 is 1. The monoisotopic (exact) mass is 457 g/mol. The first kappa shape index (κ1) is 23.0. The summed E-state index contributed by atoms with van der Waals surface area (Å²) in [6, 6.07) is 21.9. The van der Waals surface area contributed by atoms with Gasteiger partial charge in [0.25, 0.3) is 5.91 Å². The van der Waals surface area contributed by atoms with E-state index in [0.29, 0.717) is 23.5 Å². The number of para-hydroxylation sites is 1. The summed E-state index contributed by atoms with van der Waals surface area (Å²) in [6.07, 6.45) is 0.111. The fourth-order valence-corrected chi connectivity index (χ4v) is 4.00. The van der Waals surface area contributed by atoms with Crippen LogP contribution in [0.2, 0.25) is 0 Å². The molecule has 0 saturated carbocycles. The van der Waals surface area contributed by atoms with Crippen molar-refractivity contribution in [2.45, 2.75) is 19.9 Å². The first-order chi connectivity index (χ1) is 16.5. The van der Waals surface area contributed by atoms with E-state index in [1.807, 2.05) is 31.2 Å². The van der Waals surface area contributed by atoms with Gasteiger partial charge in [-0.25, -0.2) is 0 Å². The van der Waals surface area contributed by atoms with Crippen LogP contribution in [0, 0.1) is 12.8 Å². The SMILES string of the molecule is COc1ccc(N2CC(C(=O)Nc3ccccc3C(=O)NCc3ccccc3C)CC2=O)cc1. The summed E-state index contributed by atoms with van der Waals surface area (Å²) in [7, 11) is 1.58. The van der Waals surface area contributed by atoms with Gasteiger partial charge in [0.05, 0.1) is 24.3 Å². The Bertz CT molecular complexity index is 1210. The maximum absolute atomic E-state index is 13.0. The molecule has 3 aromatic rings. The van der Waals surface area contributed by atoms with Crippen LogP contribution in [0.4, 0.5) is 11.4 Å². The van der Waals surface area contributed by atoms with Crippen molar-refractivity contribution in [1.82, 2.24) is 5.32 Å².